The van der Waals surface area contributed by atoms with E-state index in [4.69, 9.17) is 0 Å². The molecule has 0 atom stereocenters. The van der Waals surface area contributed by atoms with Crippen molar-refractivity contribution in [2.45, 2.75) is 20.0 Å². The van der Waals surface area contributed by atoms with Gasteiger partial charge in [0, 0.05) is 35.7 Å². The third-order valence-electron chi connectivity index (χ3n) is 1.70. The predicted molar refractivity (Wildman–Crippen MR) is 59.5 cm³/mol. The molecule has 0 aliphatic carbocycles. The van der Waals surface area contributed by atoms with Gasteiger partial charge in [-0.2, -0.15) is 0 Å². The summed E-state index contributed by atoms with van der Waals surface area (Å²) in [6.07, 6.45) is 1.83. The van der Waals surface area contributed by atoms with Gasteiger partial charge < -0.3 is 5.32 Å². The molecule has 0 bridgehead atoms. The van der Waals surface area contributed by atoms with Crippen LogP contribution in [0.1, 0.15) is 15.7 Å². The zero-order chi connectivity index (χ0) is 9.80. The highest BCUT2D eigenvalue weighted by Crippen LogP contribution is 2.08. The van der Waals surface area contributed by atoms with Crippen LogP contribution in [0, 0.1) is 6.92 Å². The molecule has 0 aliphatic heterocycles. The van der Waals surface area contributed by atoms with E-state index in [1.165, 1.54) is 0 Å². The molecule has 0 aliphatic rings. The second-order valence-electron chi connectivity index (χ2n) is 2.91. The summed E-state index contributed by atoms with van der Waals surface area (Å²) in [4.78, 5) is 8.56. The van der Waals surface area contributed by atoms with Crippen LogP contribution in [0.5, 0.6) is 0 Å². The van der Waals surface area contributed by atoms with Crippen molar-refractivity contribution in [1.29, 1.82) is 0 Å². The SMILES string of the molecule is Cc1csc(CNCc2nccs2)n1. The van der Waals surface area contributed by atoms with Crippen LogP contribution in [0.3, 0.4) is 0 Å². The molecule has 1 N–H and O–H groups in total. The Kier molecular flexibility index (Phi) is 3.23. The maximum absolute atomic E-state index is 4.37. The standard InChI is InChI=1S/C9H11N3S2/c1-7-6-14-9(12-7)5-10-4-8-11-2-3-13-8/h2-3,6,10H,4-5H2,1H3. The molecule has 0 unspecified atom stereocenters. The normalized spacial score (nSPS) is 10.6. The lowest BCUT2D eigenvalue weighted by Crippen LogP contribution is -2.12. The van der Waals surface area contributed by atoms with E-state index in [2.05, 4.69) is 20.7 Å². The largest absolute Gasteiger partial charge is 0.304 e. The van der Waals surface area contributed by atoms with E-state index in [1.807, 2.05) is 18.5 Å². The van der Waals surface area contributed by atoms with E-state index >= 15 is 0 Å². The molecule has 2 rings (SSSR count). The number of nitrogens with zero attached hydrogens (tertiary/aromatic N) is 2. The zero-order valence-electron chi connectivity index (χ0n) is 7.86. The van der Waals surface area contributed by atoms with Crippen molar-refractivity contribution < 1.29 is 0 Å². The highest BCUT2D eigenvalue weighted by molar-refractivity contribution is 7.09. The van der Waals surface area contributed by atoms with Gasteiger partial charge in [0.15, 0.2) is 0 Å². The fraction of sp³-hybridized carbons (Fsp3) is 0.333. The lowest BCUT2D eigenvalue weighted by molar-refractivity contribution is 0.685. The summed E-state index contributed by atoms with van der Waals surface area (Å²) in [5.74, 6) is 0. The van der Waals surface area contributed by atoms with E-state index in [1.54, 1.807) is 22.7 Å². The van der Waals surface area contributed by atoms with Gasteiger partial charge in [-0.25, -0.2) is 9.97 Å². The van der Waals surface area contributed by atoms with Crippen molar-refractivity contribution in [1.82, 2.24) is 15.3 Å². The lowest BCUT2D eigenvalue weighted by atomic mass is 10.5. The van der Waals surface area contributed by atoms with Crippen LogP contribution < -0.4 is 5.32 Å². The monoisotopic (exact) mass is 225 g/mol. The fourth-order valence-corrected chi connectivity index (χ4v) is 2.43. The maximum atomic E-state index is 4.37. The van der Waals surface area contributed by atoms with Crippen LogP contribution >= 0.6 is 22.7 Å². The minimum absolute atomic E-state index is 0.830. The van der Waals surface area contributed by atoms with Gasteiger partial charge in [0.2, 0.25) is 0 Å². The van der Waals surface area contributed by atoms with Crippen LogP contribution in [-0.4, -0.2) is 9.97 Å². The van der Waals surface area contributed by atoms with Crippen LogP contribution in [0.15, 0.2) is 17.0 Å². The topological polar surface area (TPSA) is 37.8 Å². The highest BCUT2D eigenvalue weighted by atomic mass is 32.1. The van der Waals surface area contributed by atoms with Crippen molar-refractivity contribution in [2.24, 2.45) is 0 Å². The minimum Gasteiger partial charge on any atom is -0.304 e. The molecule has 0 fully saturated rings. The maximum Gasteiger partial charge on any atom is 0.107 e. The van der Waals surface area contributed by atoms with Gasteiger partial charge in [-0.1, -0.05) is 0 Å². The second kappa shape index (κ2) is 4.63. The summed E-state index contributed by atoms with van der Waals surface area (Å²) < 4.78 is 0. The van der Waals surface area contributed by atoms with Crippen LogP contribution in [-0.2, 0) is 13.1 Å². The molecule has 0 spiro atoms. The van der Waals surface area contributed by atoms with Gasteiger partial charge in [0.25, 0.3) is 0 Å². The molecule has 0 saturated carbocycles. The van der Waals surface area contributed by atoms with Crippen LogP contribution in [0.25, 0.3) is 0 Å². The Bertz CT molecular complexity index is 380. The van der Waals surface area contributed by atoms with E-state index in [9.17, 15) is 0 Å². The minimum atomic E-state index is 0.830. The third kappa shape index (κ3) is 2.60. The Hall–Kier alpha value is -0.780. The molecule has 14 heavy (non-hydrogen) atoms. The van der Waals surface area contributed by atoms with Crippen molar-refractivity contribution in [3.8, 4) is 0 Å². The Labute approximate surface area is 90.9 Å². The van der Waals surface area contributed by atoms with E-state index in [0.717, 1.165) is 28.8 Å². The Morgan fingerprint density at radius 1 is 1.29 bits per heavy atom. The fourth-order valence-electron chi connectivity index (χ4n) is 1.10. The first-order valence-electron chi connectivity index (χ1n) is 4.34. The third-order valence-corrected chi connectivity index (χ3v) is 3.45. The van der Waals surface area contributed by atoms with Crippen molar-refractivity contribution in [3.63, 3.8) is 0 Å². The molecule has 3 nitrogen and oxygen atoms in total. The van der Waals surface area contributed by atoms with Gasteiger partial charge in [0.05, 0.1) is 0 Å². The smallest absolute Gasteiger partial charge is 0.107 e. The number of aromatic nitrogens is 2. The summed E-state index contributed by atoms with van der Waals surface area (Å²) in [5, 5.41) is 9.64. The lowest BCUT2D eigenvalue weighted by Gasteiger charge is -1.97. The summed E-state index contributed by atoms with van der Waals surface area (Å²) in [6.45, 7) is 3.68. The number of nitrogens with one attached hydrogen (secondary N) is 1. The molecular formula is C9H11N3S2. The first kappa shape index (κ1) is 9.76. The van der Waals surface area contributed by atoms with Gasteiger partial charge in [-0.05, 0) is 6.92 Å². The van der Waals surface area contributed by atoms with Crippen molar-refractivity contribution >= 4 is 22.7 Å². The molecule has 0 amide bonds. The molecular weight excluding hydrogens is 214 g/mol. The summed E-state index contributed by atoms with van der Waals surface area (Å²) >= 11 is 3.37. The highest BCUT2D eigenvalue weighted by Gasteiger charge is 1.98. The predicted octanol–water partition coefficient (Wildman–Crippen LogP) is 2.20. The summed E-state index contributed by atoms with van der Waals surface area (Å²) in [6, 6.07) is 0. The molecule has 2 heterocycles. The molecule has 0 radical (unpaired) electrons. The van der Waals surface area contributed by atoms with E-state index in [0.29, 0.717) is 0 Å². The van der Waals surface area contributed by atoms with E-state index in [-0.39, 0.29) is 0 Å². The molecule has 0 saturated heterocycles. The second-order valence-corrected chi connectivity index (χ2v) is 4.83. The zero-order valence-corrected chi connectivity index (χ0v) is 9.49. The van der Waals surface area contributed by atoms with Crippen LogP contribution in [0.4, 0.5) is 0 Å². The number of hydrogen-bond acceptors (Lipinski definition) is 5. The van der Waals surface area contributed by atoms with Crippen LogP contribution in [0.2, 0.25) is 0 Å². The molecule has 74 valence electrons. The summed E-state index contributed by atoms with van der Waals surface area (Å²) in [5.41, 5.74) is 1.10. The molecule has 2 aromatic rings. The first-order chi connectivity index (χ1) is 6.84. The molecule has 2 aromatic heterocycles. The van der Waals surface area contributed by atoms with E-state index < -0.39 is 0 Å². The number of thiazole rings is 2. The summed E-state index contributed by atoms with van der Waals surface area (Å²) in [7, 11) is 0. The van der Waals surface area contributed by atoms with Gasteiger partial charge >= 0.3 is 0 Å². The quantitative estimate of drug-likeness (QED) is 0.867. The Balaban J connectivity index is 1.78. The molecule has 0 aromatic carbocycles. The first-order valence-corrected chi connectivity index (χ1v) is 6.10. The van der Waals surface area contributed by atoms with Crippen molar-refractivity contribution in [3.05, 3.63) is 32.7 Å². The number of aryl methyl sites for hydroxylation is 1. The average Bonchev–Trinajstić information content (AvgIpc) is 2.77. The molecule has 5 heteroatoms. The van der Waals surface area contributed by atoms with Gasteiger partial charge in [0.1, 0.15) is 10.0 Å². The number of rotatable bonds is 4. The average molecular weight is 225 g/mol. The van der Waals surface area contributed by atoms with Gasteiger partial charge in [-0.3, -0.25) is 0 Å². The Morgan fingerprint density at radius 3 is 2.79 bits per heavy atom. The number of hydrogen-bond donors (Lipinski definition) is 1. The van der Waals surface area contributed by atoms with Crippen molar-refractivity contribution in [2.75, 3.05) is 0 Å². The Morgan fingerprint density at radius 2 is 2.14 bits per heavy atom. The van der Waals surface area contributed by atoms with Gasteiger partial charge in [-0.15, -0.1) is 22.7 Å².